The van der Waals surface area contributed by atoms with Gasteiger partial charge in [-0.25, -0.2) is 4.79 Å². The van der Waals surface area contributed by atoms with Crippen LogP contribution in [0.15, 0.2) is 42.5 Å². The van der Waals surface area contributed by atoms with E-state index in [1.54, 1.807) is 49.4 Å². The number of hydrogen-bond acceptors (Lipinski definition) is 5. The van der Waals surface area contributed by atoms with Crippen molar-refractivity contribution in [2.75, 3.05) is 31.5 Å². The van der Waals surface area contributed by atoms with Crippen LogP contribution < -0.4 is 20.1 Å². The Kier molecular flexibility index (Phi) is 6.22. The molecular weight excluding hydrogens is 324 g/mol. The highest BCUT2D eigenvalue weighted by Gasteiger charge is 2.14. The predicted molar refractivity (Wildman–Crippen MR) is 94.6 cm³/mol. The number of ether oxygens (including phenoxy) is 3. The van der Waals surface area contributed by atoms with Gasteiger partial charge in [-0.3, -0.25) is 10.1 Å². The number of methoxy groups -OCH3 is 2. The van der Waals surface area contributed by atoms with E-state index in [1.165, 1.54) is 14.2 Å². The zero-order valence-corrected chi connectivity index (χ0v) is 14.3. The van der Waals surface area contributed by atoms with Gasteiger partial charge in [-0.2, -0.15) is 0 Å². The monoisotopic (exact) mass is 344 g/mol. The molecule has 2 rings (SSSR count). The van der Waals surface area contributed by atoms with Crippen molar-refractivity contribution in [1.29, 1.82) is 0 Å². The summed E-state index contributed by atoms with van der Waals surface area (Å²) in [5, 5.41) is 5.32. The highest BCUT2D eigenvalue weighted by atomic mass is 16.5. The van der Waals surface area contributed by atoms with Crippen molar-refractivity contribution >= 4 is 23.4 Å². The molecule has 2 N–H and O–H groups in total. The summed E-state index contributed by atoms with van der Waals surface area (Å²) in [4.78, 5) is 24.2. The van der Waals surface area contributed by atoms with Gasteiger partial charge in [0.05, 0.1) is 32.1 Å². The van der Waals surface area contributed by atoms with Crippen LogP contribution in [0, 0.1) is 0 Å². The number of anilines is 2. The predicted octanol–water partition coefficient (Wildman–Crippen LogP) is 3.52. The molecule has 2 amide bonds. The summed E-state index contributed by atoms with van der Waals surface area (Å²) in [5.41, 5.74) is 1.21. The summed E-state index contributed by atoms with van der Waals surface area (Å²) in [6, 6.07) is 11.7. The molecule has 0 atom stereocenters. The minimum atomic E-state index is -0.617. The van der Waals surface area contributed by atoms with E-state index in [4.69, 9.17) is 14.2 Å². The minimum absolute atomic E-state index is 0.242. The molecule has 2 aromatic rings. The number of carbonyl (C=O) groups is 2. The molecule has 0 aromatic heterocycles. The lowest BCUT2D eigenvalue weighted by molar-refractivity contribution is 0.102. The standard InChI is InChI=1S/C18H20N2O5/c1-4-25-18(22)20-14-8-6-5-7-13(14)17(21)19-12-9-10-15(23-2)16(11-12)24-3/h5-11H,4H2,1-3H3,(H,19,21)(H,20,22). The van der Waals surface area contributed by atoms with Crippen LogP contribution in [0.4, 0.5) is 16.2 Å². The second kappa shape index (κ2) is 8.58. The normalized spacial score (nSPS) is 9.88. The first-order valence-corrected chi connectivity index (χ1v) is 7.65. The van der Waals surface area contributed by atoms with Gasteiger partial charge in [-0.05, 0) is 31.2 Å². The highest BCUT2D eigenvalue weighted by molar-refractivity contribution is 6.09. The molecule has 0 aliphatic carbocycles. The van der Waals surface area contributed by atoms with E-state index < -0.39 is 6.09 Å². The highest BCUT2D eigenvalue weighted by Crippen LogP contribution is 2.30. The van der Waals surface area contributed by atoms with Crippen LogP contribution in [0.25, 0.3) is 0 Å². The molecule has 0 unspecified atom stereocenters. The van der Waals surface area contributed by atoms with Crippen molar-refractivity contribution in [3.05, 3.63) is 48.0 Å². The molecule has 0 radical (unpaired) electrons. The van der Waals surface area contributed by atoms with E-state index >= 15 is 0 Å². The lowest BCUT2D eigenvalue weighted by atomic mass is 10.1. The lowest BCUT2D eigenvalue weighted by Crippen LogP contribution is -2.18. The Labute approximate surface area is 145 Å². The molecule has 25 heavy (non-hydrogen) atoms. The third-order valence-corrected chi connectivity index (χ3v) is 3.33. The van der Waals surface area contributed by atoms with Crippen molar-refractivity contribution < 1.29 is 23.8 Å². The van der Waals surface area contributed by atoms with E-state index in [0.717, 1.165) is 0 Å². The Bertz CT molecular complexity index is 761. The van der Waals surface area contributed by atoms with Crippen LogP contribution >= 0.6 is 0 Å². The average Bonchev–Trinajstić information content (AvgIpc) is 2.62. The van der Waals surface area contributed by atoms with Crippen LogP contribution in [0.2, 0.25) is 0 Å². The zero-order valence-electron chi connectivity index (χ0n) is 14.3. The average molecular weight is 344 g/mol. The number of carbonyl (C=O) groups excluding carboxylic acids is 2. The number of para-hydroxylation sites is 1. The van der Waals surface area contributed by atoms with Gasteiger partial charge in [0.2, 0.25) is 0 Å². The Balaban J connectivity index is 2.20. The maximum absolute atomic E-state index is 12.6. The van der Waals surface area contributed by atoms with Gasteiger partial charge in [0.1, 0.15) is 0 Å². The number of rotatable bonds is 6. The molecule has 2 aromatic carbocycles. The molecule has 0 saturated heterocycles. The molecule has 0 aliphatic heterocycles. The maximum Gasteiger partial charge on any atom is 0.411 e. The molecule has 0 aliphatic rings. The third kappa shape index (κ3) is 4.63. The Morgan fingerprint density at radius 1 is 0.960 bits per heavy atom. The molecule has 7 nitrogen and oxygen atoms in total. The fourth-order valence-electron chi connectivity index (χ4n) is 2.18. The van der Waals surface area contributed by atoms with Crippen LogP contribution in [0.3, 0.4) is 0 Å². The first kappa shape index (κ1) is 18.1. The molecular formula is C18H20N2O5. The maximum atomic E-state index is 12.6. The van der Waals surface area contributed by atoms with Crippen molar-refractivity contribution in [2.45, 2.75) is 6.92 Å². The smallest absolute Gasteiger partial charge is 0.411 e. The van der Waals surface area contributed by atoms with Gasteiger partial charge >= 0.3 is 6.09 Å². The Morgan fingerprint density at radius 2 is 1.68 bits per heavy atom. The van der Waals surface area contributed by atoms with Gasteiger partial charge in [0, 0.05) is 11.8 Å². The Hall–Kier alpha value is -3.22. The summed E-state index contributed by atoms with van der Waals surface area (Å²) < 4.78 is 15.2. The number of benzene rings is 2. The van der Waals surface area contributed by atoms with Gasteiger partial charge < -0.3 is 19.5 Å². The number of hydrogen-bond donors (Lipinski definition) is 2. The quantitative estimate of drug-likeness (QED) is 0.837. The molecule has 0 spiro atoms. The third-order valence-electron chi connectivity index (χ3n) is 3.33. The van der Waals surface area contributed by atoms with Crippen LogP contribution in [0.1, 0.15) is 17.3 Å². The SMILES string of the molecule is CCOC(=O)Nc1ccccc1C(=O)Nc1ccc(OC)c(OC)c1. The van der Waals surface area contributed by atoms with Gasteiger partial charge in [0.15, 0.2) is 11.5 Å². The molecule has 0 fully saturated rings. The molecule has 0 bridgehead atoms. The first-order valence-electron chi connectivity index (χ1n) is 7.65. The largest absolute Gasteiger partial charge is 0.493 e. The van der Waals surface area contributed by atoms with Crippen molar-refractivity contribution in [3.8, 4) is 11.5 Å². The number of nitrogens with one attached hydrogen (secondary N) is 2. The lowest BCUT2D eigenvalue weighted by Gasteiger charge is -2.13. The molecule has 132 valence electrons. The van der Waals surface area contributed by atoms with Gasteiger partial charge in [-0.15, -0.1) is 0 Å². The van der Waals surface area contributed by atoms with E-state index in [-0.39, 0.29) is 12.5 Å². The second-order valence-corrected chi connectivity index (χ2v) is 4.91. The van der Waals surface area contributed by atoms with Crippen LogP contribution in [0.5, 0.6) is 11.5 Å². The topological polar surface area (TPSA) is 85.9 Å². The summed E-state index contributed by atoms with van der Waals surface area (Å²) in [5.74, 6) is 0.683. The van der Waals surface area contributed by atoms with Crippen molar-refractivity contribution in [3.63, 3.8) is 0 Å². The minimum Gasteiger partial charge on any atom is -0.493 e. The van der Waals surface area contributed by atoms with E-state index in [1.807, 2.05) is 0 Å². The van der Waals surface area contributed by atoms with Gasteiger partial charge in [0.25, 0.3) is 5.91 Å². The van der Waals surface area contributed by atoms with E-state index in [2.05, 4.69) is 10.6 Å². The molecule has 0 heterocycles. The molecule has 7 heteroatoms. The van der Waals surface area contributed by atoms with E-state index in [9.17, 15) is 9.59 Å². The zero-order chi connectivity index (χ0) is 18.2. The fraction of sp³-hybridized carbons (Fsp3) is 0.222. The first-order chi connectivity index (χ1) is 12.1. The Morgan fingerprint density at radius 3 is 2.36 bits per heavy atom. The summed E-state index contributed by atoms with van der Waals surface area (Å²) in [7, 11) is 3.05. The van der Waals surface area contributed by atoms with Crippen molar-refractivity contribution in [2.24, 2.45) is 0 Å². The second-order valence-electron chi connectivity index (χ2n) is 4.91. The van der Waals surface area contributed by atoms with Crippen molar-refractivity contribution in [1.82, 2.24) is 0 Å². The van der Waals surface area contributed by atoms with E-state index in [0.29, 0.717) is 28.4 Å². The number of amides is 2. The fourth-order valence-corrected chi connectivity index (χ4v) is 2.18. The molecule has 0 saturated carbocycles. The summed E-state index contributed by atoms with van der Waals surface area (Å²) >= 11 is 0. The van der Waals surface area contributed by atoms with Crippen LogP contribution in [-0.4, -0.2) is 32.8 Å². The van der Waals surface area contributed by atoms with Crippen LogP contribution in [-0.2, 0) is 4.74 Å². The summed E-state index contributed by atoms with van der Waals surface area (Å²) in [6.07, 6.45) is -0.617. The summed E-state index contributed by atoms with van der Waals surface area (Å²) in [6.45, 7) is 1.95. The van der Waals surface area contributed by atoms with Gasteiger partial charge in [-0.1, -0.05) is 12.1 Å².